The third-order valence-corrected chi connectivity index (χ3v) is 5.45. The predicted molar refractivity (Wildman–Crippen MR) is 115 cm³/mol. The van der Waals surface area contributed by atoms with E-state index in [0.29, 0.717) is 17.1 Å². The Morgan fingerprint density at radius 2 is 2.00 bits per heavy atom. The first kappa shape index (κ1) is 22.1. The number of amides is 2. The molecule has 168 valence electrons. The maximum Gasteiger partial charge on any atom is 0.275 e. The van der Waals surface area contributed by atoms with Gasteiger partial charge >= 0.3 is 0 Å². The number of anilines is 1. The molecular formula is C23H20F2N6O2. The number of aromatic nitrogens is 4. The van der Waals surface area contributed by atoms with E-state index in [1.165, 1.54) is 30.4 Å². The smallest absolute Gasteiger partial charge is 0.275 e. The zero-order valence-electron chi connectivity index (χ0n) is 17.7. The molecule has 0 radical (unpaired) electrons. The summed E-state index contributed by atoms with van der Waals surface area (Å²) in [4.78, 5) is 35.7. The molecule has 1 aromatic carbocycles. The molecule has 33 heavy (non-hydrogen) atoms. The van der Waals surface area contributed by atoms with Gasteiger partial charge in [0.25, 0.3) is 11.8 Å². The molecule has 10 heteroatoms. The van der Waals surface area contributed by atoms with Crippen LogP contribution in [0.15, 0.2) is 42.9 Å². The Morgan fingerprint density at radius 1 is 1.24 bits per heavy atom. The molecule has 1 N–H and O–H groups in total. The number of carbonyl (C=O) groups excluding carboxylic acids is 2. The Balaban J connectivity index is 1.56. The van der Waals surface area contributed by atoms with E-state index in [4.69, 9.17) is 6.42 Å². The maximum absolute atomic E-state index is 14.5. The molecular weight excluding hydrogens is 430 g/mol. The fourth-order valence-electron chi connectivity index (χ4n) is 3.83. The van der Waals surface area contributed by atoms with Crippen molar-refractivity contribution in [1.82, 2.24) is 25.1 Å². The Morgan fingerprint density at radius 3 is 2.76 bits per heavy atom. The van der Waals surface area contributed by atoms with Crippen molar-refractivity contribution in [2.75, 3.05) is 11.9 Å². The molecule has 1 aliphatic rings. The molecule has 4 rings (SSSR count). The SMILES string of the molecule is C#CC[C@H]1C[C@@H](NC(=O)c2nn(Cc3ccccc3F)cc2F)C(=O)N(C)c2nccnc21. The third-order valence-electron chi connectivity index (χ3n) is 5.45. The standard InChI is InChI=1S/C23H20F2N6O2/c1-3-6-14-11-18(23(33)30(2)21-19(14)26-9-10-27-21)28-22(32)20-17(25)13-31(29-20)12-15-7-4-5-8-16(15)24/h1,4-5,7-10,13-14,18H,6,11-12H2,2H3,(H,28,32)/t14-,18+/m0/s1. The van der Waals surface area contributed by atoms with Gasteiger partial charge in [-0.1, -0.05) is 18.2 Å². The number of carbonyl (C=O) groups is 2. The van der Waals surface area contributed by atoms with Gasteiger partial charge in [-0.25, -0.2) is 13.8 Å². The summed E-state index contributed by atoms with van der Waals surface area (Å²) in [6.45, 7) is -0.0567. The van der Waals surface area contributed by atoms with Gasteiger partial charge in [0.2, 0.25) is 0 Å². The van der Waals surface area contributed by atoms with Gasteiger partial charge < -0.3 is 5.32 Å². The fourth-order valence-corrected chi connectivity index (χ4v) is 3.83. The van der Waals surface area contributed by atoms with Crippen LogP contribution in [-0.2, 0) is 11.3 Å². The molecule has 0 fully saturated rings. The minimum absolute atomic E-state index is 0.0567. The van der Waals surface area contributed by atoms with Crippen LogP contribution in [0.2, 0.25) is 0 Å². The molecule has 3 heterocycles. The zero-order chi connectivity index (χ0) is 23.5. The van der Waals surface area contributed by atoms with Crippen molar-refractivity contribution in [2.24, 2.45) is 0 Å². The first-order valence-corrected chi connectivity index (χ1v) is 10.2. The van der Waals surface area contributed by atoms with Crippen LogP contribution in [-0.4, -0.2) is 44.7 Å². The van der Waals surface area contributed by atoms with Crippen LogP contribution in [0, 0.1) is 24.0 Å². The topological polar surface area (TPSA) is 93.0 Å². The van der Waals surface area contributed by atoms with Crippen molar-refractivity contribution in [2.45, 2.75) is 31.3 Å². The summed E-state index contributed by atoms with van der Waals surface area (Å²) in [5, 5.41) is 6.52. The van der Waals surface area contributed by atoms with Crippen LogP contribution in [0.25, 0.3) is 0 Å². The Labute approximate surface area is 188 Å². The number of hydrogen-bond acceptors (Lipinski definition) is 5. The second-order valence-corrected chi connectivity index (χ2v) is 7.64. The van der Waals surface area contributed by atoms with Gasteiger partial charge in [-0.2, -0.15) is 5.10 Å². The first-order valence-electron chi connectivity index (χ1n) is 10.2. The highest BCUT2D eigenvalue weighted by Gasteiger charge is 2.36. The maximum atomic E-state index is 14.5. The molecule has 8 nitrogen and oxygen atoms in total. The van der Waals surface area contributed by atoms with Crippen LogP contribution in [0.3, 0.4) is 0 Å². The molecule has 0 saturated carbocycles. The van der Waals surface area contributed by atoms with Crippen LogP contribution in [0.5, 0.6) is 0 Å². The van der Waals surface area contributed by atoms with Crippen molar-refractivity contribution >= 4 is 17.6 Å². The van der Waals surface area contributed by atoms with E-state index in [0.717, 1.165) is 10.9 Å². The van der Waals surface area contributed by atoms with Crippen LogP contribution in [0.1, 0.15) is 40.5 Å². The monoisotopic (exact) mass is 450 g/mol. The lowest BCUT2D eigenvalue weighted by molar-refractivity contribution is -0.120. The summed E-state index contributed by atoms with van der Waals surface area (Å²) >= 11 is 0. The highest BCUT2D eigenvalue weighted by molar-refractivity contribution is 6.01. The second kappa shape index (κ2) is 9.16. The van der Waals surface area contributed by atoms with E-state index in [-0.39, 0.29) is 25.3 Å². The van der Waals surface area contributed by atoms with Crippen molar-refractivity contribution in [1.29, 1.82) is 0 Å². The molecule has 1 aliphatic heterocycles. The lowest BCUT2D eigenvalue weighted by Gasteiger charge is -2.20. The zero-order valence-corrected chi connectivity index (χ0v) is 17.7. The third kappa shape index (κ3) is 4.43. The summed E-state index contributed by atoms with van der Waals surface area (Å²) in [7, 11) is 1.52. The summed E-state index contributed by atoms with van der Waals surface area (Å²) < 4.78 is 29.5. The van der Waals surface area contributed by atoms with E-state index >= 15 is 0 Å². The Bertz CT molecular complexity index is 1250. The van der Waals surface area contributed by atoms with Crippen LogP contribution < -0.4 is 10.2 Å². The molecule has 0 saturated heterocycles. The van der Waals surface area contributed by atoms with Gasteiger partial charge in [0.1, 0.15) is 11.9 Å². The van der Waals surface area contributed by atoms with Crippen molar-refractivity contribution in [3.8, 4) is 12.3 Å². The molecule has 0 aliphatic carbocycles. The number of nitrogens with zero attached hydrogens (tertiary/aromatic N) is 5. The summed E-state index contributed by atoms with van der Waals surface area (Å²) in [5.74, 6) is -0.0529. The minimum Gasteiger partial charge on any atom is -0.339 e. The number of halogens is 2. The quantitative estimate of drug-likeness (QED) is 0.602. The molecule has 2 atom stereocenters. The number of terminal acetylenes is 1. The summed E-state index contributed by atoms with van der Waals surface area (Å²) in [5.41, 5.74) is 0.360. The summed E-state index contributed by atoms with van der Waals surface area (Å²) in [6, 6.07) is 5.02. The number of fused-ring (bicyclic) bond motifs is 1. The number of likely N-dealkylation sites (N-methyl/N-ethyl adjacent to an activating group) is 1. The Hall–Kier alpha value is -4.13. The number of benzene rings is 1. The molecule has 0 unspecified atom stereocenters. The van der Waals surface area contributed by atoms with Crippen molar-refractivity contribution in [3.05, 3.63) is 71.4 Å². The van der Waals surface area contributed by atoms with E-state index in [9.17, 15) is 18.4 Å². The van der Waals surface area contributed by atoms with Gasteiger partial charge in [0.05, 0.1) is 18.4 Å². The van der Waals surface area contributed by atoms with Gasteiger partial charge in [-0.15, -0.1) is 12.3 Å². The van der Waals surface area contributed by atoms with Crippen LogP contribution >= 0.6 is 0 Å². The number of rotatable bonds is 5. The first-order chi connectivity index (χ1) is 15.9. The minimum atomic E-state index is -0.993. The van der Waals surface area contributed by atoms with E-state index in [1.54, 1.807) is 18.2 Å². The largest absolute Gasteiger partial charge is 0.339 e. The molecule has 2 amide bonds. The average Bonchev–Trinajstić information content (AvgIpc) is 3.14. The highest BCUT2D eigenvalue weighted by Crippen LogP contribution is 2.33. The molecule has 0 spiro atoms. The molecule has 3 aromatic rings. The summed E-state index contributed by atoms with van der Waals surface area (Å²) in [6.07, 6.45) is 9.93. The van der Waals surface area contributed by atoms with E-state index < -0.39 is 35.2 Å². The van der Waals surface area contributed by atoms with E-state index in [2.05, 4.69) is 26.3 Å². The van der Waals surface area contributed by atoms with Crippen LogP contribution in [0.4, 0.5) is 14.6 Å². The average molecular weight is 450 g/mol. The predicted octanol–water partition coefficient (Wildman–Crippen LogP) is 2.27. The van der Waals surface area contributed by atoms with Crippen molar-refractivity contribution in [3.63, 3.8) is 0 Å². The Kier molecular flexibility index (Phi) is 6.13. The van der Waals surface area contributed by atoms with Gasteiger partial charge in [-0.05, 0) is 12.5 Å². The molecule has 0 bridgehead atoms. The second-order valence-electron chi connectivity index (χ2n) is 7.64. The fraction of sp³-hybridized carbons (Fsp3) is 0.261. The lowest BCUT2D eigenvalue weighted by Crippen LogP contribution is -2.47. The number of nitrogens with one attached hydrogen (secondary N) is 1. The lowest BCUT2D eigenvalue weighted by atomic mass is 9.94. The highest BCUT2D eigenvalue weighted by atomic mass is 19.1. The van der Waals surface area contributed by atoms with E-state index in [1.807, 2.05) is 0 Å². The van der Waals surface area contributed by atoms with Crippen molar-refractivity contribution < 1.29 is 18.4 Å². The van der Waals surface area contributed by atoms with Gasteiger partial charge in [0.15, 0.2) is 17.3 Å². The molecule has 2 aromatic heterocycles. The normalized spacial score (nSPS) is 17.8. The van der Waals surface area contributed by atoms with Gasteiger partial charge in [-0.3, -0.25) is 24.2 Å². The van der Waals surface area contributed by atoms with Gasteiger partial charge in [0, 0.05) is 37.3 Å². The number of hydrogen-bond donors (Lipinski definition) is 1.